The lowest BCUT2D eigenvalue weighted by atomic mass is 10.2. The standard InChI is InChI=1S/C18H19N3O3S/c1-21(2)14-6-4-13(5-7-14)19-18(25)20-17(22)12-3-8-15-16(11-12)24-10-9-23-15/h3-8,11H,9-10H2,1-2H3,(H2,19,20,22,25). The first-order valence-electron chi connectivity index (χ1n) is 7.82. The van der Waals surface area contributed by atoms with Gasteiger partial charge in [-0.25, -0.2) is 0 Å². The van der Waals surface area contributed by atoms with Gasteiger partial charge in [0.05, 0.1) is 0 Å². The number of nitrogens with one attached hydrogen (secondary N) is 2. The van der Waals surface area contributed by atoms with Crippen molar-refractivity contribution in [1.29, 1.82) is 0 Å². The summed E-state index contributed by atoms with van der Waals surface area (Å²) in [6, 6.07) is 12.8. The highest BCUT2D eigenvalue weighted by molar-refractivity contribution is 7.80. The van der Waals surface area contributed by atoms with Crippen molar-refractivity contribution in [2.45, 2.75) is 0 Å². The molecular formula is C18H19N3O3S. The number of benzene rings is 2. The Morgan fingerprint density at radius 3 is 2.40 bits per heavy atom. The molecular weight excluding hydrogens is 338 g/mol. The van der Waals surface area contributed by atoms with Crippen molar-refractivity contribution in [2.24, 2.45) is 0 Å². The lowest BCUT2D eigenvalue weighted by molar-refractivity contribution is 0.0976. The first-order chi connectivity index (χ1) is 12.0. The highest BCUT2D eigenvalue weighted by Crippen LogP contribution is 2.30. The number of ether oxygens (including phenoxy) is 2. The van der Waals surface area contributed by atoms with Gasteiger partial charge in [0, 0.05) is 31.0 Å². The molecule has 6 nitrogen and oxygen atoms in total. The first kappa shape index (κ1) is 17.0. The van der Waals surface area contributed by atoms with Gasteiger partial charge >= 0.3 is 0 Å². The molecule has 2 aromatic rings. The number of fused-ring (bicyclic) bond motifs is 1. The fourth-order valence-electron chi connectivity index (χ4n) is 2.37. The molecule has 1 heterocycles. The van der Waals surface area contributed by atoms with E-state index < -0.39 is 0 Å². The molecule has 0 saturated heterocycles. The molecule has 0 spiro atoms. The Kier molecular flexibility index (Phi) is 5.04. The maximum Gasteiger partial charge on any atom is 0.257 e. The number of nitrogens with zero attached hydrogens (tertiary/aromatic N) is 1. The van der Waals surface area contributed by atoms with Crippen LogP contribution in [0.4, 0.5) is 11.4 Å². The largest absolute Gasteiger partial charge is 0.486 e. The minimum absolute atomic E-state index is 0.234. The lowest BCUT2D eigenvalue weighted by Crippen LogP contribution is -2.34. The molecule has 0 atom stereocenters. The van der Waals surface area contributed by atoms with Crippen molar-refractivity contribution in [3.63, 3.8) is 0 Å². The normalized spacial score (nSPS) is 12.2. The Morgan fingerprint density at radius 1 is 1.04 bits per heavy atom. The topological polar surface area (TPSA) is 62.8 Å². The Hall–Kier alpha value is -2.80. The number of thiocarbonyl (C=S) groups is 1. The molecule has 0 unspecified atom stereocenters. The zero-order valence-corrected chi connectivity index (χ0v) is 14.9. The Balaban J connectivity index is 1.61. The van der Waals surface area contributed by atoms with Gasteiger partial charge in [0.1, 0.15) is 13.2 Å². The van der Waals surface area contributed by atoms with Crippen LogP contribution in [-0.4, -0.2) is 38.3 Å². The molecule has 1 aliphatic rings. The van der Waals surface area contributed by atoms with E-state index in [2.05, 4.69) is 10.6 Å². The predicted octanol–water partition coefficient (Wildman–Crippen LogP) is 2.65. The van der Waals surface area contributed by atoms with E-state index in [0.29, 0.717) is 30.3 Å². The van der Waals surface area contributed by atoms with E-state index in [1.165, 1.54) is 0 Å². The third-order valence-electron chi connectivity index (χ3n) is 3.67. The molecule has 7 heteroatoms. The minimum Gasteiger partial charge on any atom is -0.486 e. The van der Waals surface area contributed by atoms with Crippen molar-refractivity contribution in [1.82, 2.24) is 5.32 Å². The number of amides is 1. The van der Waals surface area contributed by atoms with Crippen LogP contribution < -0.4 is 25.0 Å². The van der Waals surface area contributed by atoms with Gasteiger partial charge in [-0.15, -0.1) is 0 Å². The van der Waals surface area contributed by atoms with E-state index in [-0.39, 0.29) is 11.0 Å². The fourth-order valence-corrected chi connectivity index (χ4v) is 2.58. The van der Waals surface area contributed by atoms with Gasteiger partial charge in [0.2, 0.25) is 0 Å². The molecule has 1 aliphatic heterocycles. The minimum atomic E-state index is -0.306. The van der Waals surface area contributed by atoms with Crippen molar-refractivity contribution >= 4 is 34.6 Å². The lowest BCUT2D eigenvalue weighted by Gasteiger charge is -2.18. The van der Waals surface area contributed by atoms with E-state index in [1.807, 2.05) is 43.3 Å². The number of carbonyl (C=O) groups excluding carboxylic acids is 1. The molecule has 1 amide bonds. The van der Waals surface area contributed by atoms with Crippen LogP contribution in [0.15, 0.2) is 42.5 Å². The van der Waals surface area contributed by atoms with Gasteiger partial charge in [-0.3, -0.25) is 10.1 Å². The molecule has 0 radical (unpaired) electrons. The van der Waals surface area contributed by atoms with Crippen LogP contribution in [0.1, 0.15) is 10.4 Å². The van der Waals surface area contributed by atoms with E-state index in [9.17, 15) is 4.79 Å². The number of hydrogen-bond donors (Lipinski definition) is 2. The van der Waals surface area contributed by atoms with E-state index in [0.717, 1.165) is 11.4 Å². The van der Waals surface area contributed by atoms with Gasteiger partial charge in [0.25, 0.3) is 5.91 Å². The monoisotopic (exact) mass is 357 g/mol. The van der Waals surface area contributed by atoms with Gasteiger partial charge < -0.3 is 19.7 Å². The molecule has 3 rings (SSSR count). The second-order valence-corrected chi connectivity index (χ2v) is 6.12. The molecule has 130 valence electrons. The Morgan fingerprint density at radius 2 is 1.72 bits per heavy atom. The summed E-state index contributed by atoms with van der Waals surface area (Å²) in [6.45, 7) is 0.986. The summed E-state index contributed by atoms with van der Waals surface area (Å²) in [5, 5.41) is 5.89. The first-order valence-corrected chi connectivity index (χ1v) is 8.23. The zero-order valence-electron chi connectivity index (χ0n) is 14.0. The van der Waals surface area contributed by atoms with Crippen molar-refractivity contribution in [3.05, 3.63) is 48.0 Å². The molecule has 0 aromatic heterocycles. The second kappa shape index (κ2) is 7.40. The molecule has 2 aromatic carbocycles. The van der Waals surface area contributed by atoms with Crippen LogP contribution in [0.3, 0.4) is 0 Å². The van der Waals surface area contributed by atoms with Crippen LogP contribution in [0.5, 0.6) is 11.5 Å². The van der Waals surface area contributed by atoms with Crippen LogP contribution in [0.25, 0.3) is 0 Å². The SMILES string of the molecule is CN(C)c1ccc(NC(=S)NC(=O)c2ccc3c(c2)OCCO3)cc1. The van der Waals surface area contributed by atoms with Crippen molar-refractivity contribution in [2.75, 3.05) is 37.5 Å². The van der Waals surface area contributed by atoms with E-state index >= 15 is 0 Å². The highest BCUT2D eigenvalue weighted by Gasteiger charge is 2.15. The predicted molar refractivity (Wildman–Crippen MR) is 102 cm³/mol. The quantitative estimate of drug-likeness (QED) is 0.824. The molecule has 2 N–H and O–H groups in total. The number of carbonyl (C=O) groups is 1. The smallest absolute Gasteiger partial charge is 0.257 e. The third-order valence-corrected chi connectivity index (χ3v) is 3.88. The summed E-state index contributed by atoms with van der Waals surface area (Å²) in [7, 11) is 3.95. The van der Waals surface area contributed by atoms with Gasteiger partial charge in [-0.2, -0.15) is 0 Å². The van der Waals surface area contributed by atoms with Gasteiger partial charge in [-0.1, -0.05) is 0 Å². The average molecular weight is 357 g/mol. The van der Waals surface area contributed by atoms with E-state index in [4.69, 9.17) is 21.7 Å². The Labute approximate surface area is 151 Å². The fraction of sp³-hybridized carbons (Fsp3) is 0.222. The van der Waals surface area contributed by atoms with Gasteiger partial charge in [-0.05, 0) is 54.7 Å². The maximum absolute atomic E-state index is 12.3. The summed E-state index contributed by atoms with van der Waals surface area (Å²) in [4.78, 5) is 14.3. The maximum atomic E-state index is 12.3. The average Bonchev–Trinajstić information content (AvgIpc) is 2.61. The summed E-state index contributed by atoms with van der Waals surface area (Å²) in [5.41, 5.74) is 2.34. The molecule has 0 aliphatic carbocycles. The summed E-state index contributed by atoms with van der Waals surface area (Å²) >= 11 is 5.21. The number of rotatable bonds is 3. The second-order valence-electron chi connectivity index (χ2n) is 5.71. The van der Waals surface area contributed by atoms with Crippen LogP contribution in [0.2, 0.25) is 0 Å². The number of anilines is 2. The molecule has 0 bridgehead atoms. The third kappa shape index (κ3) is 4.19. The van der Waals surface area contributed by atoms with Crippen LogP contribution >= 0.6 is 12.2 Å². The number of hydrogen-bond acceptors (Lipinski definition) is 5. The van der Waals surface area contributed by atoms with Crippen molar-refractivity contribution in [3.8, 4) is 11.5 Å². The van der Waals surface area contributed by atoms with Gasteiger partial charge in [0.15, 0.2) is 16.6 Å². The van der Waals surface area contributed by atoms with Crippen molar-refractivity contribution < 1.29 is 14.3 Å². The summed E-state index contributed by atoms with van der Waals surface area (Å²) < 4.78 is 10.9. The highest BCUT2D eigenvalue weighted by atomic mass is 32.1. The van der Waals surface area contributed by atoms with Crippen LogP contribution in [-0.2, 0) is 0 Å². The summed E-state index contributed by atoms with van der Waals surface area (Å²) in [6.07, 6.45) is 0. The molecule has 0 fully saturated rings. The molecule has 25 heavy (non-hydrogen) atoms. The molecule has 0 saturated carbocycles. The summed E-state index contributed by atoms with van der Waals surface area (Å²) in [5.74, 6) is 0.904. The zero-order chi connectivity index (χ0) is 17.8. The van der Waals surface area contributed by atoms with E-state index in [1.54, 1.807) is 18.2 Å². The Bertz CT molecular complexity index is 791. The van der Waals surface area contributed by atoms with Crippen LogP contribution in [0, 0.1) is 0 Å².